The van der Waals surface area contributed by atoms with Gasteiger partial charge in [0.2, 0.25) is 5.91 Å². The molecule has 1 amide bonds. The van der Waals surface area contributed by atoms with Crippen molar-refractivity contribution in [3.63, 3.8) is 0 Å². The quantitative estimate of drug-likeness (QED) is 0.677. The molecule has 0 unspecified atom stereocenters. The summed E-state index contributed by atoms with van der Waals surface area (Å²) in [5.74, 6) is -0.433. The molecule has 2 radical (unpaired) electrons. The van der Waals surface area contributed by atoms with E-state index in [9.17, 15) is 9.59 Å². The number of hydrogen-bond acceptors (Lipinski definition) is 3. The number of nitrogens with one attached hydrogen (secondary N) is 1. The van der Waals surface area contributed by atoms with Gasteiger partial charge >= 0.3 is 0 Å². The van der Waals surface area contributed by atoms with E-state index in [1.165, 1.54) is 10.8 Å². The van der Waals surface area contributed by atoms with E-state index in [0.717, 1.165) is 11.1 Å². The topological polar surface area (TPSA) is 64.0 Å². The minimum atomic E-state index is -0.433. The zero-order valence-corrected chi connectivity index (χ0v) is 16.1. The van der Waals surface area contributed by atoms with E-state index in [1.807, 2.05) is 24.3 Å². The smallest absolute Gasteiger partial charge is 0.244 e. The van der Waals surface area contributed by atoms with Crippen LogP contribution in [-0.2, 0) is 43.7 Å². The van der Waals surface area contributed by atoms with Crippen LogP contribution in [0, 0.1) is 14.0 Å². The Labute approximate surface area is 169 Å². The molecule has 7 heteroatoms. The molecule has 3 aromatic rings. The summed E-state index contributed by atoms with van der Waals surface area (Å²) in [4.78, 5) is 28.9. The molecule has 126 valence electrons. The van der Waals surface area contributed by atoms with Gasteiger partial charge < -0.3 is 14.9 Å². The van der Waals surface area contributed by atoms with Crippen LogP contribution in [0.25, 0.3) is 11.0 Å². The van der Waals surface area contributed by atoms with Gasteiger partial charge in [-0.1, -0.05) is 17.8 Å². The van der Waals surface area contributed by atoms with E-state index in [0.29, 0.717) is 17.6 Å². The molecule has 0 atom stereocenters. The Bertz CT molecular complexity index is 937. The first kappa shape index (κ1) is 21.0. The van der Waals surface area contributed by atoms with Crippen LogP contribution in [0.3, 0.4) is 0 Å². The van der Waals surface area contributed by atoms with Crippen molar-refractivity contribution in [3.05, 3.63) is 89.7 Å². The third-order valence-electron chi connectivity index (χ3n) is 3.55. The van der Waals surface area contributed by atoms with Gasteiger partial charge in [-0.05, 0) is 6.07 Å². The van der Waals surface area contributed by atoms with E-state index >= 15 is 0 Å². The molecule has 0 saturated carbocycles. The number of fused-ring (bicyclic) bond motifs is 1. The summed E-state index contributed by atoms with van der Waals surface area (Å²) in [5.41, 5.74) is 1.98. The SMILES string of the molecule is [CH2-]c1ccc(CNC(=O)c2cn([CH2-])c3ncccc3c2=O)cc1.[V].[V]. The zero-order chi connectivity index (χ0) is 16.4. The van der Waals surface area contributed by atoms with Crippen molar-refractivity contribution in [3.8, 4) is 0 Å². The Kier molecular flexibility index (Phi) is 7.46. The van der Waals surface area contributed by atoms with Crippen LogP contribution in [-0.4, -0.2) is 15.5 Å². The van der Waals surface area contributed by atoms with Crippen molar-refractivity contribution in [2.45, 2.75) is 6.54 Å². The molecule has 0 aliphatic carbocycles. The molecule has 0 bridgehead atoms. The van der Waals surface area contributed by atoms with Gasteiger partial charge in [0.1, 0.15) is 0 Å². The van der Waals surface area contributed by atoms with Crippen LogP contribution in [0.4, 0.5) is 0 Å². The molecule has 0 saturated heterocycles. The van der Waals surface area contributed by atoms with Gasteiger partial charge in [-0.3, -0.25) is 9.59 Å². The van der Waals surface area contributed by atoms with Crippen LogP contribution in [0.15, 0.2) is 53.6 Å². The van der Waals surface area contributed by atoms with Gasteiger partial charge in [-0.15, -0.1) is 19.2 Å². The van der Waals surface area contributed by atoms with E-state index in [2.05, 4.69) is 24.3 Å². The molecular formula is C18H15N3O2V2-2. The van der Waals surface area contributed by atoms with Crippen molar-refractivity contribution in [2.24, 2.45) is 0 Å². The van der Waals surface area contributed by atoms with Crippen LogP contribution in [0.5, 0.6) is 0 Å². The minimum Gasteiger partial charge on any atom is -0.471 e. The molecule has 5 nitrogen and oxygen atoms in total. The van der Waals surface area contributed by atoms with Gasteiger partial charge in [0.05, 0.1) is 0 Å². The summed E-state index contributed by atoms with van der Waals surface area (Å²) >= 11 is 0. The van der Waals surface area contributed by atoms with E-state index in [-0.39, 0.29) is 48.1 Å². The Morgan fingerprint density at radius 3 is 2.52 bits per heavy atom. The molecule has 2 aromatic heterocycles. The van der Waals surface area contributed by atoms with E-state index in [4.69, 9.17) is 0 Å². The first-order valence-electron chi connectivity index (χ1n) is 7.06. The molecule has 0 aliphatic rings. The van der Waals surface area contributed by atoms with Crippen LogP contribution >= 0.6 is 0 Å². The summed E-state index contributed by atoms with van der Waals surface area (Å²) in [6.07, 6.45) is 2.99. The Hall–Kier alpha value is -2.04. The molecular weight excluding hydrogens is 392 g/mol. The molecule has 1 aromatic carbocycles. The fraction of sp³-hybridized carbons (Fsp3) is 0.0556. The summed E-state index contributed by atoms with van der Waals surface area (Å²) < 4.78 is 1.43. The number of pyridine rings is 2. The van der Waals surface area contributed by atoms with E-state index < -0.39 is 5.91 Å². The van der Waals surface area contributed by atoms with Crippen LogP contribution in [0.2, 0.25) is 0 Å². The van der Waals surface area contributed by atoms with Gasteiger partial charge in [-0.2, -0.15) is 24.6 Å². The first-order valence-corrected chi connectivity index (χ1v) is 7.06. The van der Waals surface area contributed by atoms with Crippen molar-refractivity contribution in [1.29, 1.82) is 0 Å². The van der Waals surface area contributed by atoms with Crippen molar-refractivity contribution in [1.82, 2.24) is 14.9 Å². The third kappa shape index (κ3) is 4.53. The van der Waals surface area contributed by atoms with Gasteiger partial charge in [0.25, 0.3) is 0 Å². The third-order valence-corrected chi connectivity index (χ3v) is 3.55. The molecule has 2 heterocycles. The van der Waals surface area contributed by atoms with Crippen molar-refractivity contribution in [2.75, 3.05) is 0 Å². The van der Waals surface area contributed by atoms with Crippen molar-refractivity contribution >= 4 is 16.9 Å². The van der Waals surface area contributed by atoms with Gasteiger partial charge in [0.15, 0.2) is 5.43 Å². The monoisotopic (exact) mass is 407 g/mol. The second-order valence-corrected chi connectivity index (χ2v) is 5.22. The van der Waals surface area contributed by atoms with Gasteiger partial charge in [-0.25, -0.2) is 0 Å². The fourth-order valence-electron chi connectivity index (χ4n) is 2.32. The summed E-state index contributed by atoms with van der Waals surface area (Å²) in [6.45, 7) is 4.14. The van der Waals surface area contributed by atoms with Gasteiger partial charge in [0, 0.05) is 66.4 Å². The second kappa shape index (κ2) is 8.88. The summed E-state index contributed by atoms with van der Waals surface area (Å²) in [5, 5.41) is 3.12. The standard InChI is InChI=1S/C18H15N3O2.2V/c1-12-5-7-13(8-6-12)10-20-18(23)15-11-21(2)17-14(16(15)22)4-3-9-19-17;;/h3-9,11H,1-2,10H2,(H,20,23);;/q-2;;. The maximum atomic E-state index is 12.4. The molecule has 1 N–H and O–H groups in total. The fourth-order valence-corrected chi connectivity index (χ4v) is 2.32. The van der Waals surface area contributed by atoms with Crippen LogP contribution in [0.1, 0.15) is 21.5 Å². The summed E-state index contributed by atoms with van der Waals surface area (Å²) in [6, 6.07) is 10.8. The van der Waals surface area contributed by atoms with E-state index in [1.54, 1.807) is 18.3 Å². The number of aromatic nitrogens is 2. The number of amides is 1. The minimum absolute atomic E-state index is 0. The van der Waals surface area contributed by atoms with Crippen LogP contribution < -0.4 is 10.7 Å². The Balaban J connectivity index is 0.00000156. The number of hydrogen-bond donors (Lipinski definition) is 1. The molecule has 0 spiro atoms. The number of carbonyl (C=O) groups excluding carboxylic acids is 1. The maximum Gasteiger partial charge on any atom is 0.244 e. The molecule has 0 aliphatic heterocycles. The summed E-state index contributed by atoms with van der Waals surface area (Å²) in [7, 11) is 3.79. The largest absolute Gasteiger partial charge is 0.471 e. The number of benzene rings is 1. The predicted octanol–water partition coefficient (Wildman–Crippen LogP) is 2.14. The average Bonchev–Trinajstić information content (AvgIpc) is 2.57. The second-order valence-electron chi connectivity index (χ2n) is 5.22. The number of rotatable bonds is 3. The number of nitrogens with zero attached hydrogens (tertiary/aromatic N) is 2. The normalized spacial score (nSPS) is 9.76. The molecule has 25 heavy (non-hydrogen) atoms. The molecule has 0 fully saturated rings. The predicted molar refractivity (Wildman–Crippen MR) is 88.8 cm³/mol. The zero-order valence-electron chi connectivity index (χ0n) is 13.3. The average molecular weight is 407 g/mol. The Morgan fingerprint density at radius 1 is 1.16 bits per heavy atom. The number of carbonyl (C=O) groups is 1. The van der Waals surface area contributed by atoms with Crippen molar-refractivity contribution < 1.29 is 41.9 Å². The first-order chi connectivity index (χ1) is 11.1. The molecule has 3 rings (SSSR count). The Morgan fingerprint density at radius 2 is 1.84 bits per heavy atom. The maximum absolute atomic E-state index is 12.4.